The van der Waals surface area contributed by atoms with Gasteiger partial charge in [-0.05, 0) is 29.8 Å². The predicted molar refractivity (Wildman–Crippen MR) is 78.3 cm³/mol. The molecular weight excluding hydrogens is 339 g/mol. The highest BCUT2D eigenvalue weighted by Crippen LogP contribution is 2.28. The van der Waals surface area contributed by atoms with E-state index in [2.05, 4.69) is 26.1 Å². The van der Waals surface area contributed by atoms with Crippen molar-refractivity contribution >= 4 is 15.9 Å². The van der Waals surface area contributed by atoms with Crippen molar-refractivity contribution in [2.24, 2.45) is 0 Å². The number of hydrogen-bond acceptors (Lipinski definition) is 4. The maximum absolute atomic E-state index is 13.0. The number of halogens is 2. The van der Waals surface area contributed by atoms with Crippen molar-refractivity contribution in [3.8, 4) is 17.2 Å². The normalized spacial score (nSPS) is 10.8. The van der Waals surface area contributed by atoms with Gasteiger partial charge in [-0.25, -0.2) is 4.39 Å². The first-order valence-electron chi connectivity index (χ1n) is 6.18. The quantitative estimate of drug-likeness (QED) is 0.778. The number of phenolic OH excluding ortho intramolecular Hbond substituents is 1. The maximum Gasteiger partial charge on any atom is 0.261 e. The molecule has 0 unspecified atom stereocenters. The molecule has 0 spiro atoms. The Balaban J connectivity index is 1.86. The largest absolute Gasteiger partial charge is 0.507 e. The molecule has 0 aliphatic heterocycles. The second-order valence-electron chi connectivity index (χ2n) is 4.48. The minimum absolute atomic E-state index is 0.164. The number of phenols is 1. The predicted octanol–water partition coefficient (Wildman–Crippen LogP) is 3.93. The van der Waals surface area contributed by atoms with Gasteiger partial charge in [-0.2, -0.15) is 4.98 Å². The topological polar surface area (TPSA) is 59.2 Å². The van der Waals surface area contributed by atoms with E-state index in [9.17, 15) is 9.50 Å². The molecule has 3 rings (SSSR count). The van der Waals surface area contributed by atoms with Crippen LogP contribution in [0.25, 0.3) is 11.5 Å². The summed E-state index contributed by atoms with van der Waals surface area (Å²) in [6.45, 7) is 0. The first kappa shape index (κ1) is 13.8. The fourth-order valence-electron chi connectivity index (χ4n) is 1.95. The van der Waals surface area contributed by atoms with Gasteiger partial charge in [-0.1, -0.05) is 33.2 Å². The molecule has 106 valence electrons. The Labute approximate surface area is 128 Å². The number of aromatic hydroxyl groups is 1. The van der Waals surface area contributed by atoms with E-state index in [4.69, 9.17) is 4.52 Å². The molecule has 0 amide bonds. The average molecular weight is 349 g/mol. The molecule has 0 aliphatic rings. The molecule has 21 heavy (non-hydrogen) atoms. The zero-order valence-corrected chi connectivity index (χ0v) is 12.3. The summed E-state index contributed by atoms with van der Waals surface area (Å²) < 4.78 is 19.1. The van der Waals surface area contributed by atoms with Crippen molar-refractivity contribution < 1.29 is 14.0 Å². The summed E-state index contributed by atoms with van der Waals surface area (Å²) in [6, 6.07) is 11.4. The van der Waals surface area contributed by atoms with Crippen LogP contribution in [0.4, 0.5) is 4.39 Å². The summed E-state index contributed by atoms with van der Waals surface area (Å²) in [7, 11) is 0. The van der Waals surface area contributed by atoms with Gasteiger partial charge in [0, 0.05) is 17.0 Å². The highest BCUT2D eigenvalue weighted by molar-refractivity contribution is 9.10. The Morgan fingerprint density at radius 2 is 2.05 bits per heavy atom. The molecule has 2 aromatic carbocycles. The third-order valence-electron chi connectivity index (χ3n) is 2.91. The molecule has 0 atom stereocenters. The van der Waals surface area contributed by atoms with Crippen molar-refractivity contribution in [2.45, 2.75) is 6.42 Å². The lowest BCUT2D eigenvalue weighted by Gasteiger charge is -1.98. The van der Waals surface area contributed by atoms with Gasteiger partial charge in [0.15, 0.2) is 5.82 Å². The monoisotopic (exact) mass is 348 g/mol. The number of rotatable bonds is 3. The van der Waals surface area contributed by atoms with E-state index in [-0.39, 0.29) is 11.6 Å². The van der Waals surface area contributed by atoms with E-state index in [1.54, 1.807) is 0 Å². The molecule has 0 radical (unpaired) electrons. The second kappa shape index (κ2) is 5.65. The van der Waals surface area contributed by atoms with E-state index in [1.165, 1.54) is 12.1 Å². The van der Waals surface area contributed by atoms with Crippen LogP contribution in [0.1, 0.15) is 11.4 Å². The highest BCUT2D eigenvalue weighted by Gasteiger charge is 2.13. The van der Waals surface area contributed by atoms with Crippen molar-refractivity contribution in [2.75, 3.05) is 0 Å². The molecule has 0 aliphatic carbocycles. The van der Waals surface area contributed by atoms with Crippen LogP contribution in [0, 0.1) is 5.82 Å². The van der Waals surface area contributed by atoms with Crippen molar-refractivity contribution in [1.82, 2.24) is 10.1 Å². The number of benzene rings is 2. The van der Waals surface area contributed by atoms with Gasteiger partial charge in [-0.3, -0.25) is 0 Å². The molecule has 4 nitrogen and oxygen atoms in total. The standard InChI is InChI=1S/C15H10BrFN2O2/c16-10-3-1-2-9(6-10)7-14-18-15(21-19-14)12-5-4-11(17)8-13(12)20/h1-6,8,20H,7H2. The molecule has 1 N–H and O–H groups in total. The van der Waals surface area contributed by atoms with Gasteiger partial charge in [0.25, 0.3) is 5.89 Å². The Hall–Kier alpha value is -2.21. The molecule has 0 saturated carbocycles. The Morgan fingerprint density at radius 1 is 1.19 bits per heavy atom. The fraction of sp³-hybridized carbons (Fsp3) is 0.0667. The molecule has 0 bridgehead atoms. The zero-order chi connectivity index (χ0) is 14.8. The molecule has 6 heteroatoms. The highest BCUT2D eigenvalue weighted by atomic mass is 79.9. The summed E-state index contributed by atoms with van der Waals surface area (Å²) in [6.07, 6.45) is 0.505. The number of aromatic nitrogens is 2. The van der Waals surface area contributed by atoms with Crippen LogP contribution in [0.5, 0.6) is 5.75 Å². The van der Waals surface area contributed by atoms with Crippen LogP contribution in [-0.2, 0) is 6.42 Å². The molecule has 0 fully saturated rings. The van der Waals surface area contributed by atoms with E-state index >= 15 is 0 Å². The maximum atomic E-state index is 13.0. The summed E-state index contributed by atoms with van der Waals surface area (Å²) >= 11 is 3.40. The van der Waals surface area contributed by atoms with Crippen molar-refractivity contribution in [3.63, 3.8) is 0 Å². The van der Waals surface area contributed by atoms with Gasteiger partial charge >= 0.3 is 0 Å². The summed E-state index contributed by atoms with van der Waals surface area (Å²) in [5.74, 6) is -0.0953. The lowest BCUT2D eigenvalue weighted by Crippen LogP contribution is -1.90. The molecule has 1 aromatic heterocycles. The third kappa shape index (κ3) is 3.11. The minimum atomic E-state index is -0.523. The van der Waals surface area contributed by atoms with Crippen LogP contribution in [0.2, 0.25) is 0 Å². The smallest absolute Gasteiger partial charge is 0.261 e. The van der Waals surface area contributed by atoms with Crippen molar-refractivity contribution in [1.29, 1.82) is 0 Å². The van der Waals surface area contributed by atoms with Crippen LogP contribution >= 0.6 is 15.9 Å². The second-order valence-corrected chi connectivity index (χ2v) is 5.40. The lowest BCUT2D eigenvalue weighted by atomic mass is 10.1. The van der Waals surface area contributed by atoms with E-state index in [0.717, 1.165) is 16.1 Å². The molecule has 3 aromatic rings. The summed E-state index contributed by atoms with van der Waals surface area (Å²) in [5, 5.41) is 13.6. The average Bonchev–Trinajstić information content (AvgIpc) is 2.87. The number of hydrogen-bond donors (Lipinski definition) is 1. The minimum Gasteiger partial charge on any atom is -0.507 e. The van der Waals surface area contributed by atoms with E-state index < -0.39 is 5.82 Å². The lowest BCUT2D eigenvalue weighted by molar-refractivity contribution is 0.418. The van der Waals surface area contributed by atoms with Gasteiger partial charge in [0.05, 0.1) is 5.56 Å². The first-order chi connectivity index (χ1) is 10.1. The summed E-state index contributed by atoms with van der Waals surface area (Å²) in [4.78, 5) is 4.22. The SMILES string of the molecule is Oc1cc(F)ccc1-c1nc(Cc2cccc(Br)c2)no1. The third-order valence-corrected chi connectivity index (χ3v) is 3.40. The molecule has 1 heterocycles. The van der Waals surface area contributed by atoms with Crippen LogP contribution < -0.4 is 0 Å². The van der Waals surface area contributed by atoms with Crippen molar-refractivity contribution in [3.05, 3.63) is 64.1 Å². The van der Waals surface area contributed by atoms with E-state index in [1.807, 2.05) is 24.3 Å². The van der Waals surface area contributed by atoms with Crippen LogP contribution in [-0.4, -0.2) is 15.2 Å². The Bertz CT molecular complexity index is 789. The van der Waals surface area contributed by atoms with Gasteiger partial charge in [-0.15, -0.1) is 0 Å². The van der Waals surface area contributed by atoms with Gasteiger partial charge < -0.3 is 9.63 Å². The summed E-state index contributed by atoms with van der Waals surface area (Å²) in [5.41, 5.74) is 1.34. The molecular formula is C15H10BrFN2O2. The Kier molecular flexibility index (Phi) is 3.70. The number of nitrogens with zero attached hydrogens (tertiary/aromatic N) is 2. The molecule has 0 saturated heterocycles. The van der Waals surface area contributed by atoms with Gasteiger partial charge in [0.1, 0.15) is 11.6 Å². The zero-order valence-electron chi connectivity index (χ0n) is 10.8. The van der Waals surface area contributed by atoms with Gasteiger partial charge in [0.2, 0.25) is 0 Å². The van der Waals surface area contributed by atoms with Crippen LogP contribution in [0.3, 0.4) is 0 Å². The fourth-order valence-corrected chi connectivity index (χ4v) is 2.40. The first-order valence-corrected chi connectivity index (χ1v) is 6.97. The Morgan fingerprint density at radius 3 is 2.81 bits per heavy atom. The van der Waals surface area contributed by atoms with Crippen LogP contribution in [0.15, 0.2) is 51.5 Å². The van der Waals surface area contributed by atoms with E-state index in [0.29, 0.717) is 17.8 Å².